The first-order valence-electron chi connectivity index (χ1n) is 13.3. The molecule has 4 aromatic heterocycles. The van der Waals surface area contributed by atoms with Gasteiger partial charge >= 0.3 is 0 Å². The average Bonchev–Trinajstić information content (AvgIpc) is 3.77. The molecule has 8 rings (SSSR count). The fraction of sp³-hybridized carbons (Fsp3) is 0.0882. The molecular formula is C34H22N2O2S3. The number of para-hydroxylation sites is 2. The maximum atomic E-state index is 12.9. The Bertz CT molecular complexity index is 1990. The highest BCUT2D eigenvalue weighted by Crippen LogP contribution is 2.57. The minimum absolute atomic E-state index is 0.168. The van der Waals surface area contributed by atoms with E-state index in [0.717, 1.165) is 27.6 Å². The van der Waals surface area contributed by atoms with Crippen molar-refractivity contribution in [3.8, 4) is 10.6 Å². The molecule has 0 saturated carbocycles. The van der Waals surface area contributed by atoms with Crippen LogP contribution in [-0.4, -0.2) is 16.6 Å². The van der Waals surface area contributed by atoms with E-state index in [4.69, 9.17) is 4.98 Å². The molecule has 2 aromatic carbocycles. The number of aromatic nitrogens is 1. The molecule has 0 N–H and O–H groups in total. The van der Waals surface area contributed by atoms with Crippen LogP contribution < -0.4 is 4.90 Å². The van der Waals surface area contributed by atoms with Gasteiger partial charge in [0, 0.05) is 53.8 Å². The lowest BCUT2D eigenvalue weighted by atomic mass is 9.83. The molecule has 4 nitrogen and oxygen atoms in total. The lowest BCUT2D eigenvalue weighted by Crippen LogP contribution is -2.17. The summed E-state index contributed by atoms with van der Waals surface area (Å²) in [5.74, 6) is -0.335. The van der Waals surface area contributed by atoms with E-state index in [-0.39, 0.29) is 22.6 Å². The Morgan fingerprint density at radius 2 is 1.44 bits per heavy atom. The Balaban J connectivity index is 1.21. The quantitative estimate of drug-likeness (QED) is 0.152. The molecule has 0 radical (unpaired) electrons. The van der Waals surface area contributed by atoms with Crippen LogP contribution in [0, 0.1) is 0 Å². The first-order chi connectivity index (χ1) is 19.9. The number of benzene rings is 2. The zero-order valence-corrected chi connectivity index (χ0v) is 24.6. The average molecular weight is 587 g/mol. The monoisotopic (exact) mass is 586 g/mol. The number of carbonyl (C=O) groups excluding carboxylic acids is 2. The van der Waals surface area contributed by atoms with Gasteiger partial charge in [-0.25, -0.2) is 0 Å². The summed E-state index contributed by atoms with van der Waals surface area (Å²) in [7, 11) is 0. The molecule has 41 heavy (non-hydrogen) atoms. The van der Waals surface area contributed by atoms with Crippen molar-refractivity contribution < 1.29 is 9.59 Å². The van der Waals surface area contributed by atoms with E-state index < -0.39 is 0 Å². The summed E-state index contributed by atoms with van der Waals surface area (Å²) in [5.41, 5.74) is 7.76. The minimum atomic E-state index is -0.261. The van der Waals surface area contributed by atoms with Crippen LogP contribution in [0.5, 0.6) is 0 Å². The number of thiophene rings is 3. The molecule has 0 unspecified atom stereocenters. The number of hydrogen-bond donors (Lipinski definition) is 0. The van der Waals surface area contributed by atoms with Gasteiger partial charge in [0.15, 0.2) is 11.6 Å². The van der Waals surface area contributed by atoms with Gasteiger partial charge in [-0.05, 0) is 48.0 Å². The highest BCUT2D eigenvalue weighted by molar-refractivity contribution is 7.30. The molecule has 0 spiro atoms. The maximum absolute atomic E-state index is 12.9. The molecule has 0 fully saturated rings. The molecule has 2 aliphatic carbocycles. The summed E-state index contributed by atoms with van der Waals surface area (Å²) in [5, 5.41) is 3.54. The standard InChI is InChI=1S/C34H22N2O2S3/c1-34(2)26-13-21(36(19-9-5-3-6-10-19)20-11-7-4-8-12-20)16-35-29(26)33-28(34)32-27(41-33)15-22(40-32)14-23-30(37)24-17-39-18-25(24)31(23)38/h3-18H,1-2H3. The van der Waals surface area contributed by atoms with Crippen molar-refractivity contribution >= 4 is 78.1 Å². The van der Waals surface area contributed by atoms with Crippen LogP contribution in [0.1, 0.15) is 50.6 Å². The Kier molecular flexibility index (Phi) is 5.35. The van der Waals surface area contributed by atoms with Gasteiger partial charge in [0.05, 0.1) is 32.7 Å². The van der Waals surface area contributed by atoms with E-state index in [1.165, 1.54) is 36.7 Å². The molecule has 0 aliphatic heterocycles. The number of pyridine rings is 1. The second kappa shape index (κ2) is 8.91. The predicted octanol–water partition coefficient (Wildman–Crippen LogP) is 9.66. The number of rotatable bonds is 4. The van der Waals surface area contributed by atoms with Gasteiger partial charge in [-0.3, -0.25) is 14.6 Å². The van der Waals surface area contributed by atoms with Crippen LogP contribution in [-0.2, 0) is 5.41 Å². The highest BCUT2D eigenvalue weighted by Gasteiger charge is 2.41. The van der Waals surface area contributed by atoms with Crippen LogP contribution in [0.25, 0.3) is 26.0 Å². The van der Waals surface area contributed by atoms with Gasteiger partial charge in [-0.1, -0.05) is 50.2 Å². The lowest BCUT2D eigenvalue weighted by Gasteiger charge is -2.27. The molecule has 2 aliphatic rings. The topological polar surface area (TPSA) is 50.3 Å². The zero-order chi connectivity index (χ0) is 27.9. The van der Waals surface area contributed by atoms with E-state index in [2.05, 4.69) is 79.4 Å². The normalized spacial score (nSPS) is 14.8. The summed E-state index contributed by atoms with van der Waals surface area (Å²) in [6, 6.07) is 25.1. The zero-order valence-electron chi connectivity index (χ0n) is 22.2. The SMILES string of the molecule is CC1(C)c2cc(N(c3ccccc3)c3ccccc3)cnc2-c2sc3cc(C=C4C(=O)c5cscc5C4=O)sc3c21. The number of ketones is 2. The van der Waals surface area contributed by atoms with Gasteiger partial charge in [0.2, 0.25) is 0 Å². The number of fused-ring (bicyclic) bond motifs is 6. The van der Waals surface area contributed by atoms with Gasteiger partial charge in [-0.2, -0.15) is 11.3 Å². The second-order valence-corrected chi connectivity index (χ2v) is 13.7. The third-order valence-corrected chi connectivity index (χ3v) is 11.1. The number of hydrogen-bond acceptors (Lipinski definition) is 7. The van der Waals surface area contributed by atoms with Crippen molar-refractivity contribution in [3.05, 3.63) is 122 Å². The minimum Gasteiger partial charge on any atom is -0.309 e. The summed E-state index contributed by atoms with van der Waals surface area (Å²) in [4.78, 5) is 35.2. The van der Waals surface area contributed by atoms with Gasteiger partial charge in [0.25, 0.3) is 0 Å². The lowest BCUT2D eigenvalue weighted by molar-refractivity contribution is 0.0990. The van der Waals surface area contributed by atoms with Gasteiger partial charge in [-0.15, -0.1) is 22.7 Å². The van der Waals surface area contributed by atoms with E-state index >= 15 is 0 Å². The summed E-state index contributed by atoms with van der Waals surface area (Å²) in [6.45, 7) is 4.54. The number of Topliss-reactive ketones (excluding diaryl/α,β-unsaturated/α-hetero) is 2. The third-order valence-electron chi connectivity index (χ3n) is 7.98. The number of nitrogens with zero attached hydrogens (tertiary/aromatic N) is 2. The van der Waals surface area contributed by atoms with E-state index in [9.17, 15) is 9.59 Å². The van der Waals surface area contributed by atoms with E-state index in [1.54, 1.807) is 39.5 Å². The molecule has 0 amide bonds. The Hall–Kier alpha value is -4.17. The van der Waals surface area contributed by atoms with Crippen LogP contribution in [0.15, 0.2) is 95.3 Å². The van der Waals surface area contributed by atoms with Crippen molar-refractivity contribution in [1.29, 1.82) is 0 Å². The molecule has 4 heterocycles. The first kappa shape index (κ1) is 24.6. The van der Waals surface area contributed by atoms with Crippen LogP contribution >= 0.6 is 34.0 Å². The second-order valence-electron chi connectivity index (χ2n) is 10.8. The van der Waals surface area contributed by atoms with Crippen molar-refractivity contribution in [2.24, 2.45) is 0 Å². The molecular weight excluding hydrogens is 565 g/mol. The third kappa shape index (κ3) is 3.59. The first-order valence-corrected chi connectivity index (χ1v) is 15.8. The van der Waals surface area contributed by atoms with Crippen LogP contribution in [0.3, 0.4) is 0 Å². The summed E-state index contributed by atoms with van der Waals surface area (Å²) >= 11 is 4.79. The molecule has 0 saturated heterocycles. The van der Waals surface area contributed by atoms with Crippen LogP contribution in [0.4, 0.5) is 17.1 Å². The molecule has 7 heteroatoms. The van der Waals surface area contributed by atoms with Gasteiger partial charge in [0.1, 0.15) is 0 Å². The fourth-order valence-electron chi connectivity index (χ4n) is 6.00. The Morgan fingerprint density at radius 3 is 2.07 bits per heavy atom. The molecule has 0 bridgehead atoms. The summed E-state index contributed by atoms with van der Waals surface area (Å²) < 4.78 is 2.37. The Labute approximate surface area is 248 Å². The maximum Gasteiger partial charge on any atom is 0.198 e. The predicted molar refractivity (Wildman–Crippen MR) is 171 cm³/mol. The Morgan fingerprint density at radius 1 is 0.805 bits per heavy atom. The van der Waals surface area contributed by atoms with Crippen molar-refractivity contribution in [1.82, 2.24) is 4.98 Å². The smallest absolute Gasteiger partial charge is 0.198 e. The number of carbonyl (C=O) groups is 2. The molecule has 0 atom stereocenters. The van der Waals surface area contributed by atoms with Crippen molar-refractivity contribution in [2.45, 2.75) is 19.3 Å². The fourth-order valence-corrected chi connectivity index (χ4v) is 9.72. The molecule has 198 valence electrons. The highest BCUT2D eigenvalue weighted by atomic mass is 32.1. The van der Waals surface area contributed by atoms with Crippen LogP contribution in [0.2, 0.25) is 0 Å². The van der Waals surface area contributed by atoms with Crippen molar-refractivity contribution in [3.63, 3.8) is 0 Å². The van der Waals surface area contributed by atoms with Crippen molar-refractivity contribution in [2.75, 3.05) is 4.90 Å². The molecule has 6 aromatic rings. The summed E-state index contributed by atoms with van der Waals surface area (Å²) in [6.07, 6.45) is 3.76. The van der Waals surface area contributed by atoms with E-state index in [0.29, 0.717) is 11.1 Å². The van der Waals surface area contributed by atoms with E-state index in [1.807, 2.05) is 18.3 Å². The number of anilines is 3. The number of allylic oxidation sites excluding steroid dienone is 1. The van der Waals surface area contributed by atoms with Gasteiger partial charge < -0.3 is 4.90 Å². The largest absolute Gasteiger partial charge is 0.309 e.